The number of ether oxygens (including phenoxy) is 4. The van der Waals surface area contributed by atoms with E-state index in [1.54, 1.807) is 0 Å². The number of rotatable bonds is 39. The number of esters is 1. The standard InChI is InChI=1S/C47H86O9/c1-3-5-7-9-11-13-15-17-19-20-21-22-23-25-27-29-31-33-35-37-53-39-41(40-54-47-46(52)45(51)44(50)42(38-48)56-47)55-43(49)36-34-32-30-28-26-24-18-16-14-12-10-8-6-4-2/h10,12,16,18-20,41-42,44-48,50-52H,3-9,11,13-15,17,21-40H2,1-2H3/b12-10-,18-16-,20-19-. The van der Waals surface area contributed by atoms with Crippen molar-refractivity contribution in [2.24, 2.45) is 0 Å². The van der Waals surface area contributed by atoms with Crippen LogP contribution in [0.15, 0.2) is 36.5 Å². The van der Waals surface area contributed by atoms with Gasteiger partial charge < -0.3 is 39.4 Å². The quantitative estimate of drug-likeness (QED) is 0.0272. The van der Waals surface area contributed by atoms with Crippen molar-refractivity contribution in [3.05, 3.63) is 36.5 Å². The Morgan fingerprint density at radius 3 is 1.61 bits per heavy atom. The average Bonchev–Trinajstić information content (AvgIpc) is 3.20. The normalized spacial score (nSPS) is 20.9. The van der Waals surface area contributed by atoms with Gasteiger partial charge in [0.05, 0.1) is 19.8 Å². The molecule has 1 aliphatic heterocycles. The van der Waals surface area contributed by atoms with Gasteiger partial charge in [-0.3, -0.25) is 4.79 Å². The van der Waals surface area contributed by atoms with Crippen molar-refractivity contribution in [2.75, 3.05) is 26.4 Å². The molecule has 1 saturated heterocycles. The van der Waals surface area contributed by atoms with Crippen LogP contribution < -0.4 is 0 Å². The Morgan fingerprint density at radius 2 is 1.05 bits per heavy atom. The average molecular weight is 795 g/mol. The van der Waals surface area contributed by atoms with Gasteiger partial charge in [-0.15, -0.1) is 0 Å². The number of hydrogen-bond acceptors (Lipinski definition) is 9. The van der Waals surface area contributed by atoms with Crippen LogP contribution >= 0.6 is 0 Å². The summed E-state index contributed by atoms with van der Waals surface area (Å²) in [7, 11) is 0. The minimum atomic E-state index is -1.54. The van der Waals surface area contributed by atoms with Crippen LogP contribution in [0.1, 0.15) is 194 Å². The molecule has 0 spiro atoms. The summed E-state index contributed by atoms with van der Waals surface area (Å²) in [6.07, 6.45) is 38.8. The van der Waals surface area contributed by atoms with Gasteiger partial charge in [-0.25, -0.2) is 0 Å². The summed E-state index contributed by atoms with van der Waals surface area (Å²) in [5.74, 6) is -0.328. The minimum Gasteiger partial charge on any atom is -0.457 e. The zero-order valence-electron chi connectivity index (χ0n) is 35.9. The highest BCUT2D eigenvalue weighted by atomic mass is 16.7. The highest BCUT2D eigenvalue weighted by molar-refractivity contribution is 5.69. The first kappa shape index (κ1) is 52.4. The van der Waals surface area contributed by atoms with Gasteiger partial charge in [0.2, 0.25) is 0 Å². The van der Waals surface area contributed by atoms with Crippen LogP contribution in [0.4, 0.5) is 0 Å². The van der Waals surface area contributed by atoms with Gasteiger partial charge in [-0.2, -0.15) is 0 Å². The zero-order valence-corrected chi connectivity index (χ0v) is 35.9. The van der Waals surface area contributed by atoms with E-state index in [9.17, 15) is 25.2 Å². The monoisotopic (exact) mass is 795 g/mol. The Labute approximate surface area is 342 Å². The summed E-state index contributed by atoms with van der Waals surface area (Å²) in [4.78, 5) is 12.8. The maximum absolute atomic E-state index is 12.8. The molecule has 0 saturated carbocycles. The Morgan fingerprint density at radius 1 is 0.571 bits per heavy atom. The smallest absolute Gasteiger partial charge is 0.306 e. The number of carbonyl (C=O) groups excluding carboxylic acids is 1. The molecule has 1 heterocycles. The number of aliphatic hydroxyl groups is 4. The molecule has 0 amide bonds. The van der Waals surface area contributed by atoms with E-state index in [4.69, 9.17) is 18.9 Å². The van der Waals surface area contributed by atoms with Crippen LogP contribution in [0.5, 0.6) is 0 Å². The highest BCUT2D eigenvalue weighted by Crippen LogP contribution is 2.22. The molecule has 9 heteroatoms. The van der Waals surface area contributed by atoms with Crippen LogP contribution in [-0.2, 0) is 23.7 Å². The van der Waals surface area contributed by atoms with Crippen LogP contribution in [-0.4, -0.2) is 89.6 Å². The van der Waals surface area contributed by atoms with Crippen molar-refractivity contribution < 1.29 is 44.2 Å². The third kappa shape index (κ3) is 29.6. The maximum Gasteiger partial charge on any atom is 0.306 e. The van der Waals surface area contributed by atoms with Gasteiger partial charge in [-0.05, 0) is 64.2 Å². The highest BCUT2D eigenvalue weighted by Gasteiger charge is 2.44. The first-order chi connectivity index (χ1) is 27.4. The lowest BCUT2D eigenvalue weighted by Crippen LogP contribution is -2.59. The number of hydrogen-bond donors (Lipinski definition) is 4. The summed E-state index contributed by atoms with van der Waals surface area (Å²) in [5.41, 5.74) is 0. The van der Waals surface area contributed by atoms with E-state index < -0.39 is 43.4 Å². The largest absolute Gasteiger partial charge is 0.457 e. The van der Waals surface area contributed by atoms with Gasteiger partial charge in [0.15, 0.2) is 6.29 Å². The zero-order chi connectivity index (χ0) is 40.7. The molecule has 0 aliphatic carbocycles. The summed E-state index contributed by atoms with van der Waals surface area (Å²) in [6, 6.07) is 0. The molecule has 0 aromatic heterocycles. The van der Waals surface area contributed by atoms with Crippen molar-refractivity contribution >= 4 is 5.97 Å². The fourth-order valence-electron chi connectivity index (χ4n) is 6.86. The second-order valence-electron chi connectivity index (χ2n) is 15.8. The predicted octanol–water partition coefficient (Wildman–Crippen LogP) is 10.4. The lowest BCUT2D eigenvalue weighted by Gasteiger charge is -2.39. The maximum atomic E-state index is 12.8. The van der Waals surface area contributed by atoms with Crippen molar-refractivity contribution in [1.82, 2.24) is 0 Å². The SMILES string of the molecule is CCCC/C=C\C/C=C\CCCCCCCC(=O)OC(COCCCCCCCCCC/C=C\CCCCCCCCC)COC1OC(CO)C(O)C(O)C1O. The van der Waals surface area contributed by atoms with E-state index in [0.29, 0.717) is 13.0 Å². The fraction of sp³-hybridized carbons (Fsp3) is 0.851. The predicted molar refractivity (Wildman–Crippen MR) is 228 cm³/mol. The molecule has 6 atom stereocenters. The van der Waals surface area contributed by atoms with Gasteiger partial charge in [0.25, 0.3) is 0 Å². The molecule has 1 rings (SSSR count). The van der Waals surface area contributed by atoms with E-state index in [1.165, 1.54) is 116 Å². The molecule has 328 valence electrons. The summed E-state index contributed by atoms with van der Waals surface area (Å²) in [6.45, 7) is 4.50. The van der Waals surface area contributed by atoms with E-state index in [0.717, 1.165) is 57.8 Å². The van der Waals surface area contributed by atoms with Crippen LogP contribution in [0.25, 0.3) is 0 Å². The van der Waals surface area contributed by atoms with Crippen molar-refractivity contribution in [1.29, 1.82) is 0 Å². The lowest BCUT2D eigenvalue weighted by molar-refractivity contribution is -0.305. The van der Waals surface area contributed by atoms with E-state index >= 15 is 0 Å². The molecular formula is C47H86O9. The Hall–Kier alpha value is -1.59. The minimum absolute atomic E-state index is 0.120. The van der Waals surface area contributed by atoms with Gasteiger partial charge in [-0.1, -0.05) is 159 Å². The van der Waals surface area contributed by atoms with Crippen LogP contribution in [0.3, 0.4) is 0 Å². The number of aliphatic hydroxyl groups excluding tert-OH is 4. The second-order valence-corrected chi connectivity index (χ2v) is 15.8. The molecule has 0 aromatic carbocycles. The fourth-order valence-corrected chi connectivity index (χ4v) is 6.86. The molecule has 1 aliphatic rings. The van der Waals surface area contributed by atoms with Crippen LogP contribution in [0, 0.1) is 0 Å². The third-order valence-electron chi connectivity index (χ3n) is 10.5. The first-order valence-corrected chi connectivity index (χ1v) is 23.1. The Kier molecular flexibility index (Phi) is 36.4. The van der Waals surface area contributed by atoms with Crippen molar-refractivity contribution in [3.8, 4) is 0 Å². The number of carbonyl (C=O) groups is 1. The second kappa shape index (κ2) is 38.9. The lowest BCUT2D eigenvalue weighted by atomic mass is 9.99. The van der Waals surface area contributed by atoms with Crippen LogP contribution in [0.2, 0.25) is 0 Å². The molecule has 0 radical (unpaired) electrons. The first-order valence-electron chi connectivity index (χ1n) is 23.1. The summed E-state index contributed by atoms with van der Waals surface area (Å²) >= 11 is 0. The molecule has 0 bridgehead atoms. The van der Waals surface area contributed by atoms with E-state index in [-0.39, 0.29) is 19.2 Å². The van der Waals surface area contributed by atoms with Gasteiger partial charge in [0, 0.05) is 13.0 Å². The topological polar surface area (TPSA) is 135 Å². The molecule has 0 aromatic rings. The van der Waals surface area contributed by atoms with Gasteiger partial charge in [0.1, 0.15) is 30.5 Å². The third-order valence-corrected chi connectivity index (χ3v) is 10.5. The Bertz CT molecular complexity index is 952. The molecule has 56 heavy (non-hydrogen) atoms. The number of unbranched alkanes of at least 4 members (excludes halogenated alkanes) is 22. The summed E-state index contributed by atoms with van der Waals surface area (Å²) in [5, 5.41) is 40.1. The van der Waals surface area contributed by atoms with E-state index in [1.807, 2.05) is 0 Å². The molecule has 9 nitrogen and oxygen atoms in total. The van der Waals surface area contributed by atoms with Crippen molar-refractivity contribution in [3.63, 3.8) is 0 Å². The van der Waals surface area contributed by atoms with Crippen molar-refractivity contribution in [2.45, 2.75) is 230 Å². The van der Waals surface area contributed by atoms with E-state index in [2.05, 4.69) is 50.3 Å². The number of allylic oxidation sites excluding steroid dienone is 6. The molecular weight excluding hydrogens is 709 g/mol. The molecule has 6 unspecified atom stereocenters. The molecule has 4 N–H and O–H groups in total. The summed E-state index contributed by atoms with van der Waals surface area (Å²) < 4.78 is 22.8. The van der Waals surface area contributed by atoms with Gasteiger partial charge >= 0.3 is 5.97 Å². The Balaban J connectivity index is 2.25. The molecule has 1 fully saturated rings.